The van der Waals surface area contributed by atoms with Crippen LogP contribution in [0.2, 0.25) is 0 Å². The molecule has 0 amide bonds. The van der Waals surface area contributed by atoms with Gasteiger partial charge in [0.2, 0.25) is 0 Å². The zero-order chi connectivity index (χ0) is 15.5. The average Bonchev–Trinajstić information content (AvgIpc) is 2.51. The first kappa shape index (κ1) is 20.9. The quantitative estimate of drug-likeness (QED) is 0.519. The zero-order valence-electron chi connectivity index (χ0n) is 12.8. The van der Waals surface area contributed by atoms with Crippen LogP contribution in [0.15, 0.2) is 36.9 Å². The molecule has 22 heavy (non-hydrogen) atoms. The Bertz CT molecular complexity index is 474. The lowest BCUT2D eigenvalue weighted by atomic mass is 10.0. The van der Waals surface area contributed by atoms with Crippen molar-refractivity contribution < 1.29 is 9.59 Å². The summed E-state index contributed by atoms with van der Waals surface area (Å²) < 4.78 is 0. The Labute approximate surface area is 143 Å². The van der Waals surface area contributed by atoms with Crippen molar-refractivity contribution in [3.63, 3.8) is 0 Å². The molecule has 0 saturated heterocycles. The molecule has 1 rings (SSSR count). The van der Waals surface area contributed by atoms with Crippen molar-refractivity contribution in [3.05, 3.63) is 48.0 Å². The van der Waals surface area contributed by atoms with Crippen molar-refractivity contribution in [3.8, 4) is 0 Å². The van der Waals surface area contributed by atoms with Crippen LogP contribution in [0.25, 0.3) is 0 Å². The zero-order valence-corrected chi connectivity index (χ0v) is 14.4. The van der Waals surface area contributed by atoms with Gasteiger partial charge < -0.3 is 5.73 Å². The maximum Gasteiger partial charge on any atom is 0.189 e. The first-order chi connectivity index (χ1) is 10.2. The number of benzene rings is 1. The highest BCUT2D eigenvalue weighted by Crippen LogP contribution is 2.13. The minimum Gasteiger partial charge on any atom is -0.330 e. The number of ketones is 1. The summed E-state index contributed by atoms with van der Waals surface area (Å²) in [5, 5.41) is 0.212. The lowest BCUT2D eigenvalue weighted by molar-refractivity contribution is -0.110. The predicted octanol–water partition coefficient (Wildman–Crippen LogP) is 3.80. The highest BCUT2D eigenvalue weighted by Gasteiger charge is 2.06. The van der Waals surface area contributed by atoms with E-state index in [0.29, 0.717) is 19.4 Å². The normalized spacial score (nSPS) is 9.86. The summed E-state index contributed by atoms with van der Waals surface area (Å²) in [7, 11) is 0. The molecule has 0 spiro atoms. The van der Waals surface area contributed by atoms with Crippen LogP contribution in [0.1, 0.15) is 41.6 Å². The van der Waals surface area contributed by atoms with E-state index < -0.39 is 0 Å². The van der Waals surface area contributed by atoms with Gasteiger partial charge in [-0.2, -0.15) is 0 Å². The molecule has 3 nitrogen and oxygen atoms in total. The van der Waals surface area contributed by atoms with Crippen molar-refractivity contribution in [2.24, 2.45) is 5.73 Å². The number of aryl methyl sites for hydroxylation is 1. The van der Waals surface area contributed by atoms with Gasteiger partial charge in [-0.25, -0.2) is 0 Å². The van der Waals surface area contributed by atoms with Crippen LogP contribution in [0.3, 0.4) is 0 Å². The van der Waals surface area contributed by atoms with E-state index in [-0.39, 0.29) is 23.3 Å². The second-order valence-corrected chi connectivity index (χ2v) is 5.96. The van der Waals surface area contributed by atoms with Crippen molar-refractivity contribution in [2.45, 2.75) is 32.1 Å². The van der Waals surface area contributed by atoms with Crippen molar-refractivity contribution in [1.29, 1.82) is 0 Å². The van der Waals surface area contributed by atoms with Crippen molar-refractivity contribution in [1.82, 2.24) is 0 Å². The van der Waals surface area contributed by atoms with Crippen LogP contribution < -0.4 is 5.73 Å². The Hall–Kier alpha value is -1.10. The third kappa shape index (κ3) is 8.37. The van der Waals surface area contributed by atoms with E-state index in [1.54, 1.807) is 6.08 Å². The van der Waals surface area contributed by atoms with Crippen LogP contribution in [-0.4, -0.2) is 23.2 Å². The van der Waals surface area contributed by atoms with Crippen LogP contribution in [0, 0.1) is 0 Å². The number of allylic oxidation sites excluding steroid dienone is 1. The second-order valence-electron chi connectivity index (χ2n) is 4.81. The number of hydrogen-bond donors (Lipinski definition) is 1. The maximum absolute atomic E-state index is 11.8. The summed E-state index contributed by atoms with van der Waals surface area (Å²) in [5.41, 5.74) is 7.29. The molecule has 0 saturated carbocycles. The molecule has 1 aromatic carbocycles. The third-order valence-electron chi connectivity index (χ3n) is 3.09. The minimum atomic E-state index is 0. The molecule has 122 valence electrons. The van der Waals surface area contributed by atoms with Gasteiger partial charge in [0.15, 0.2) is 10.9 Å². The molecule has 5 heteroatoms. The number of thioether (sulfide) groups is 1. The van der Waals surface area contributed by atoms with Gasteiger partial charge in [0.25, 0.3) is 0 Å². The summed E-state index contributed by atoms with van der Waals surface area (Å²) >= 11 is 1.37. The monoisotopic (exact) mass is 341 g/mol. The smallest absolute Gasteiger partial charge is 0.189 e. The first-order valence-corrected chi connectivity index (χ1v) is 8.24. The molecule has 2 N–H and O–H groups in total. The summed E-state index contributed by atoms with van der Waals surface area (Å²) in [6.45, 7) is 4.15. The van der Waals surface area contributed by atoms with E-state index in [1.165, 1.54) is 11.8 Å². The Balaban J connectivity index is 0.00000441. The van der Waals surface area contributed by atoms with E-state index in [9.17, 15) is 9.59 Å². The predicted molar refractivity (Wildman–Crippen MR) is 96.9 cm³/mol. The Morgan fingerprint density at radius 1 is 1.18 bits per heavy atom. The number of rotatable bonds is 10. The van der Waals surface area contributed by atoms with Crippen LogP contribution in [0.5, 0.6) is 0 Å². The fraction of sp³-hybridized carbons (Fsp3) is 0.412. The standard InChI is InChI=1S/C17H23NO2S.ClH/c1-2-3-6-17(20)21-13-11-14-7-9-15(10-8-14)16(19)5-4-12-18;/h2,7-10H,1,3-6,11-13,18H2;1H. The van der Waals surface area contributed by atoms with Gasteiger partial charge >= 0.3 is 0 Å². The van der Waals surface area contributed by atoms with Gasteiger partial charge in [0.1, 0.15) is 0 Å². The van der Waals surface area contributed by atoms with E-state index in [0.717, 1.165) is 36.1 Å². The second kappa shape index (κ2) is 12.4. The Morgan fingerprint density at radius 2 is 1.86 bits per heavy atom. The molecule has 0 unspecified atom stereocenters. The summed E-state index contributed by atoms with van der Waals surface area (Å²) in [6, 6.07) is 7.64. The van der Waals surface area contributed by atoms with Gasteiger partial charge in [0, 0.05) is 24.2 Å². The van der Waals surface area contributed by atoms with E-state index in [4.69, 9.17) is 5.73 Å². The van der Waals surface area contributed by atoms with Gasteiger partial charge in [-0.15, -0.1) is 19.0 Å². The topological polar surface area (TPSA) is 60.2 Å². The van der Waals surface area contributed by atoms with Crippen LogP contribution >= 0.6 is 24.2 Å². The fourth-order valence-corrected chi connectivity index (χ4v) is 2.67. The van der Waals surface area contributed by atoms with Gasteiger partial charge in [-0.05, 0) is 31.4 Å². The molecule has 0 aliphatic carbocycles. The molecule has 1 aromatic rings. The highest BCUT2D eigenvalue weighted by atomic mass is 35.5. The number of nitrogens with two attached hydrogens (primary N) is 1. The number of carbonyl (C=O) groups is 2. The highest BCUT2D eigenvalue weighted by molar-refractivity contribution is 8.13. The average molecular weight is 342 g/mol. The van der Waals surface area contributed by atoms with E-state index >= 15 is 0 Å². The molecule has 0 fully saturated rings. The van der Waals surface area contributed by atoms with E-state index in [2.05, 4.69) is 6.58 Å². The van der Waals surface area contributed by atoms with Crippen molar-refractivity contribution >= 4 is 35.1 Å². The third-order valence-corrected chi connectivity index (χ3v) is 4.02. The molecule has 0 atom stereocenters. The molecule has 0 aliphatic heterocycles. The van der Waals surface area contributed by atoms with E-state index in [1.807, 2.05) is 24.3 Å². The van der Waals surface area contributed by atoms with Crippen LogP contribution in [0.4, 0.5) is 0 Å². The Kier molecular flexibility index (Phi) is 11.8. The molecule has 0 heterocycles. The lowest BCUT2D eigenvalue weighted by Gasteiger charge is -2.04. The number of Topliss-reactive ketones (excluding diaryl/α,β-unsaturated/α-hetero) is 1. The first-order valence-electron chi connectivity index (χ1n) is 7.26. The number of halogens is 1. The van der Waals surface area contributed by atoms with Gasteiger partial charge in [0.05, 0.1) is 0 Å². The van der Waals surface area contributed by atoms with Gasteiger partial charge in [-0.1, -0.05) is 42.1 Å². The van der Waals surface area contributed by atoms with Crippen LogP contribution in [-0.2, 0) is 11.2 Å². The minimum absolute atomic E-state index is 0. The SMILES string of the molecule is C=CCCC(=O)SCCc1ccc(C(=O)CCCN)cc1.Cl. The van der Waals surface area contributed by atoms with Gasteiger partial charge in [-0.3, -0.25) is 9.59 Å². The summed E-state index contributed by atoms with van der Waals surface area (Å²) in [6.07, 6.45) is 5.13. The molecular formula is C17H24ClNO2S. The molecule has 0 radical (unpaired) electrons. The summed E-state index contributed by atoms with van der Waals surface area (Å²) in [5.74, 6) is 0.914. The molecule has 0 bridgehead atoms. The molecule has 0 aliphatic rings. The fourth-order valence-electron chi connectivity index (χ4n) is 1.84. The number of hydrogen-bond acceptors (Lipinski definition) is 4. The molecular weight excluding hydrogens is 318 g/mol. The molecule has 0 aromatic heterocycles. The van der Waals surface area contributed by atoms with Crippen molar-refractivity contribution in [2.75, 3.05) is 12.3 Å². The summed E-state index contributed by atoms with van der Waals surface area (Å²) in [4.78, 5) is 23.3. The number of carbonyl (C=O) groups excluding carboxylic acids is 2. The maximum atomic E-state index is 11.8. The largest absolute Gasteiger partial charge is 0.330 e. The lowest BCUT2D eigenvalue weighted by Crippen LogP contribution is -2.05. The Morgan fingerprint density at radius 3 is 2.45 bits per heavy atom.